The van der Waals surface area contributed by atoms with Crippen molar-refractivity contribution in [3.8, 4) is 28.0 Å². The van der Waals surface area contributed by atoms with E-state index in [1.54, 1.807) is 37.4 Å². The predicted molar refractivity (Wildman–Crippen MR) is 150 cm³/mol. The minimum absolute atomic E-state index is 0.0650. The van der Waals surface area contributed by atoms with Crippen LogP contribution >= 0.6 is 0 Å². The third-order valence-electron chi connectivity index (χ3n) is 7.03. The maximum atomic E-state index is 14.0. The summed E-state index contributed by atoms with van der Waals surface area (Å²) in [5, 5.41) is 3.63. The number of methoxy groups -OCH3 is 1. The predicted octanol–water partition coefficient (Wildman–Crippen LogP) is 5.42. The van der Waals surface area contributed by atoms with Gasteiger partial charge in [-0.25, -0.2) is 0 Å². The first-order valence-corrected chi connectivity index (χ1v) is 13.5. The highest BCUT2D eigenvalue weighted by Gasteiger charge is 2.32. The normalized spacial score (nSPS) is 12.3. The Bertz CT molecular complexity index is 2000. The van der Waals surface area contributed by atoms with Gasteiger partial charge in [-0.05, 0) is 35.4 Å². The van der Waals surface area contributed by atoms with Crippen LogP contribution in [0, 0.1) is 0 Å². The van der Waals surface area contributed by atoms with E-state index in [9.17, 15) is 22.6 Å². The molecule has 4 aromatic carbocycles. The Balaban J connectivity index is 1.72. The molecule has 6 rings (SSSR count). The smallest absolute Gasteiger partial charge is 0.296 e. The fourth-order valence-electron chi connectivity index (χ4n) is 5.24. The van der Waals surface area contributed by atoms with Crippen LogP contribution in [0.25, 0.3) is 33.2 Å². The lowest BCUT2D eigenvalue weighted by atomic mass is 9.80. The molecule has 1 aliphatic rings. The van der Waals surface area contributed by atoms with Gasteiger partial charge in [-0.1, -0.05) is 54.6 Å². The zero-order chi connectivity index (χ0) is 27.5. The van der Waals surface area contributed by atoms with Gasteiger partial charge < -0.3 is 14.6 Å². The summed E-state index contributed by atoms with van der Waals surface area (Å²) in [4.78, 5) is 27.4. The van der Waals surface area contributed by atoms with E-state index >= 15 is 0 Å². The average Bonchev–Trinajstić information content (AvgIpc) is 2.94. The standard InChI is InChI=1S/C30H22N2O6S/c1-32-23-15-14-22(31-21-13-12-18(38-2)16-24(21)39(35,36)37)27-28(23)26(19-10-6-7-11-20(19)29(27)33)25(30(32)34)17-8-4-3-5-9-17/h3-16,31H,1-2H3,(H,35,36,37). The summed E-state index contributed by atoms with van der Waals surface area (Å²) in [6.45, 7) is 0. The Morgan fingerprint density at radius 2 is 1.46 bits per heavy atom. The molecule has 194 valence electrons. The lowest BCUT2D eigenvalue weighted by Crippen LogP contribution is -2.24. The summed E-state index contributed by atoms with van der Waals surface area (Å²) < 4.78 is 41.0. The molecule has 0 saturated heterocycles. The summed E-state index contributed by atoms with van der Waals surface area (Å²) in [7, 11) is -1.59. The molecular weight excluding hydrogens is 516 g/mol. The third-order valence-corrected chi connectivity index (χ3v) is 7.92. The molecule has 2 N–H and O–H groups in total. The van der Waals surface area contributed by atoms with Crippen LogP contribution in [-0.4, -0.2) is 30.4 Å². The molecule has 0 unspecified atom stereocenters. The van der Waals surface area contributed by atoms with Crippen molar-refractivity contribution in [2.75, 3.05) is 12.4 Å². The summed E-state index contributed by atoms with van der Waals surface area (Å²) in [5.41, 5.74) is 3.94. The van der Waals surface area contributed by atoms with Gasteiger partial charge in [0.05, 0.1) is 35.1 Å². The van der Waals surface area contributed by atoms with Crippen LogP contribution in [0.2, 0.25) is 0 Å². The van der Waals surface area contributed by atoms with Gasteiger partial charge in [-0.2, -0.15) is 8.42 Å². The number of hydrogen-bond acceptors (Lipinski definition) is 6. The number of aromatic nitrogens is 1. The molecular formula is C30H22N2O6S. The van der Waals surface area contributed by atoms with Crippen molar-refractivity contribution in [3.63, 3.8) is 0 Å². The number of rotatable bonds is 5. The van der Waals surface area contributed by atoms with E-state index in [0.717, 1.165) is 0 Å². The molecule has 0 bridgehead atoms. The summed E-state index contributed by atoms with van der Waals surface area (Å²) >= 11 is 0. The first-order chi connectivity index (χ1) is 18.7. The highest BCUT2D eigenvalue weighted by Crippen LogP contribution is 2.46. The van der Waals surface area contributed by atoms with Gasteiger partial charge in [0, 0.05) is 29.6 Å². The van der Waals surface area contributed by atoms with Crippen molar-refractivity contribution >= 4 is 38.2 Å². The van der Waals surface area contributed by atoms with E-state index < -0.39 is 15.0 Å². The second kappa shape index (κ2) is 8.93. The van der Waals surface area contributed by atoms with Crippen molar-refractivity contribution in [2.24, 2.45) is 7.05 Å². The van der Waals surface area contributed by atoms with E-state index in [4.69, 9.17) is 4.74 Å². The van der Waals surface area contributed by atoms with E-state index in [2.05, 4.69) is 5.32 Å². The van der Waals surface area contributed by atoms with Crippen molar-refractivity contribution < 1.29 is 22.5 Å². The minimum atomic E-state index is -4.63. The second-order valence-electron chi connectivity index (χ2n) is 9.20. The number of pyridine rings is 1. The van der Waals surface area contributed by atoms with Crippen LogP contribution < -0.4 is 15.6 Å². The van der Waals surface area contributed by atoms with Gasteiger partial charge in [-0.15, -0.1) is 0 Å². The average molecular weight is 539 g/mol. The van der Waals surface area contributed by atoms with Crippen molar-refractivity contribution in [2.45, 2.75) is 4.90 Å². The molecule has 0 radical (unpaired) electrons. The number of ether oxygens (including phenoxy) is 1. The minimum Gasteiger partial charge on any atom is -0.497 e. The molecule has 0 atom stereocenters. The second-order valence-corrected chi connectivity index (χ2v) is 10.6. The zero-order valence-electron chi connectivity index (χ0n) is 20.9. The third kappa shape index (κ3) is 3.82. The number of benzene rings is 4. The quantitative estimate of drug-likeness (QED) is 0.282. The van der Waals surface area contributed by atoms with Gasteiger partial charge in [-0.3, -0.25) is 14.1 Å². The summed E-state index contributed by atoms with van der Waals surface area (Å²) in [6.07, 6.45) is 0. The number of nitrogens with one attached hydrogen (secondary N) is 1. The van der Waals surface area contributed by atoms with Crippen molar-refractivity contribution in [1.29, 1.82) is 0 Å². The molecule has 0 amide bonds. The molecule has 0 spiro atoms. The van der Waals surface area contributed by atoms with Crippen LogP contribution in [0.3, 0.4) is 0 Å². The highest BCUT2D eigenvalue weighted by atomic mass is 32.2. The Kier molecular flexibility index (Phi) is 5.64. The fourth-order valence-corrected chi connectivity index (χ4v) is 5.90. The topological polar surface area (TPSA) is 115 Å². The molecule has 1 heterocycles. The summed E-state index contributed by atoms with van der Waals surface area (Å²) in [6, 6.07) is 24.0. The SMILES string of the molecule is COc1ccc(Nc2ccc3c4c2C(=O)c2ccccc2-c4c(-c2ccccc2)c(=O)n3C)c(S(=O)(=O)O)c1. The van der Waals surface area contributed by atoms with E-state index in [-0.39, 0.29) is 22.8 Å². The molecule has 9 heteroatoms. The number of anilines is 2. The van der Waals surface area contributed by atoms with Gasteiger partial charge in [0.15, 0.2) is 5.78 Å². The van der Waals surface area contributed by atoms with Gasteiger partial charge in [0.1, 0.15) is 10.6 Å². The summed E-state index contributed by atoms with van der Waals surface area (Å²) in [5.74, 6) is -0.0337. The van der Waals surface area contributed by atoms with Crippen LogP contribution in [-0.2, 0) is 17.2 Å². The number of ketones is 1. The molecule has 39 heavy (non-hydrogen) atoms. The molecule has 0 saturated carbocycles. The molecule has 8 nitrogen and oxygen atoms in total. The van der Waals surface area contributed by atoms with E-state index in [1.807, 2.05) is 42.5 Å². The Morgan fingerprint density at radius 1 is 0.795 bits per heavy atom. The van der Waals surface area contributed by atoms with E-state index in [0.29, 0.717) is 50.0 Å². The Morgan fingerprint density at radius 3 is 2.15 bits per heavy atom. The number of carbonyl (C=O) groups excluding carboxylic acids is 1. The Labute approximate surface area is 223 Å². The van der Waals surface area contributed by atoms with Gasteiger partial charge in [0.25, 0.3) is 15.7 Å². The number of nitrogens with zero attached hydrogens (tertiary/aromatic N) is 1. The fraction of sp³-hybridized carbons (Fsp3) is 0.0667. The largest absolute Gasteiger partial charge is 0.497 e. The van der Waals surface area contributed by atoms with Crippen molar-refractivity contribution in [3.05, 3.63) is 106 Å². The number of carbonyl (C=O) groups is 1. The van der Waals surface area contributed by atoms with Crippen LogP contribution in [0.5, 0.6) is 5.75 Å². The van der Waals surface area contributed by atoms with Crippen LogP contribution in [0.4, 0.5) is 11.4 Å². The maximum Gasteiger partial charge on any atom is 0.296 e. The first kappa shape index (κ1) is 24.6. The van der Waals surface area contributed by atoms with Gasteiger partial charge in [0.2, 0.25) is 0 Å². The monoisotopic (exact) mass is 538 g/mol. The first-order valence-electron chi connectivity index (χ1n) is 12.0. The van der Waals surface area contributed by atoms with Crippen LogP contribution in [0.1, 0.15) is 15.9 Å². The van der Waals surface area contributed by atoms with Crippen LogP contribution in [0.15, 0.2) is 94.6 Å². The lowest BCUT2D eigenvalue weighted by Gasteiger charge is -2.26. The molecule has 5 aromatic rings. The number of aryl methyl sites for hydroxylation is 1. The molecule has 1 aliphatic carbocycles. The van der Waals surface area contributed by atoms with E-state index in [1.165, 1.54) is 23.8 Å². The van der Waals surface area contributed by atoms with Gasteiger partial charge >= 0.3 is 0 Å². The Hall–Kier alpha value is -4.73. The molecule has 0 aliphatic heterocycles. The molecule has 0 fully saturated rings. The zero-order valence-corrected chi connectivity index (χ0v) is 21.7. The van der Waals surface area contributed by atoms with Crippen molar-refractivity contribution in [1.82, 2.24) is 4.57 Å². The lowest BCUT2D eigenvalue weighted by molar-refractivity contribution is 0.104. The number of hydrogen-bond donors (Lipinski definition) is 2. The maximum absolute atomic E-state index is 14.0. The molecule has 1 aromatic heterocycles. The number of fused-ring (bicyclic) bond motifs is 2. The highest BCUT2D eigenvalue weighted by molar-refractivity contribution is 7.86.